The molecule has 0 heterocycles. The zero-order valence-electron chi connectivity index (χ0n) is 23.2. The van der Waals surface area contributed by atoms with Gasteiger partial charge in [-0.25, -0.2) is 0 Å². The summed E-state index contributed by atoms with van der Waals surface area (Å²) in [6.07, 6.45) is 2.20. The van der Waals surface area contributed by atoms with Crippen molar-refractivity contribution < 1.29 is 14.4 Å². The van der Waals surface area contributed by atoms with E-state index in [1.54, 1.807) is 0 Å². The second kappa shape index (κ2) is 15.7. The molecule has 1 amide bonds. The highest BCUT2D eigenvalue weighted by Gasteiger charge is 2.10. The predicted octanol–water partition coefficient (Wildman–Crippen LogP) is 8.02. The lowest BCUT2D eigenvalue weighted by atomic mass is 9.92. The Morgan fingerprint density at radius 2 is 0.833 bits per heavy atom. The number of carbonyl (C=O) groups excluding carboxylic acids is 3. The Labute approximate surface area is 262 Å². The van der Waals surface area contributed by atoms with E-state index in [1.807, 2.05) is 12.1 Å². The standard InChI is InChI=1S/C35H32Cl3NO3/c36-20-33(40)15-7-24-1-9-27(10-2-24)30-17-31(28-11-3-25(4-12-28)8-16-34(41)21-37)19-32(18-30)29-13-5-26(6-14-29)23-39-35(42)22-38/h1-6,9-14,17-19H,7-8,15-16,20-23H2,(H,39,42). The zero-order valence-corrected chi connectivity index (χ0v) is 25.4. The van der Waals surface area contributed by atoms with Crippen LogP contribution in [0.4, 0.5) is 0 Å². The van der Waals surface area contributed by atoms with Crippen LogP contribution >= 0.6 is 34.8 Å². The number of Topliss-reactive ketones (excluding diaryl/α,β-unsaturated/α-hetero) is 2. The van der Waals surface area contributed by atoms with Crippen molar-refractivity contribution in [3.63, 3.8) is 0 Å². The molecule has 4 aromatic carbocycles. The molecule has 4 aromatic rings. The van der Waals surface area contributed by atoms with E-state index in [1.165, 1.54) is 0 Å². The summed E-state index contributed by atoms with van der Waals surface area (Å²) in [7, 11) is 0. The van der Waals surface area contributed by atoms with E-state index in [-0.39, 0.29) is 35.1 Å². The van der Waals surface area contributed by atoms with Gasteiger partial charge in [-0.15, -0.1) is 34.8 Å². The Kier molecular flexibility index (Phi) is 11.8. The van der Waals surface area contributed by atoms with Crippen LogP contribution in [0.25, 0.3) is 33.4 Å². The monoisotopic (exact) mass is 619 g/mol. The third-order valence-electron chi connectivity index (χ3n) is 7.09. The second-order valence-electron chi connectivity index (χ2n) is 10.1. The van der Waals surface area contributed by atoms with Gasteiger partial charge in [0.15, 0.2) is 0 Å². The van der Waals surface area contributed by atoms with Gasteiger partial charge in [0.05, 0.1) is 11.8 Å². The number of benzene rings is 4. The van der Waals surface area contributed by atoms with Gasteiger partial charge in [-0.2, -0.15) is 0 Å². The first-order valence-corrected chi connectivity index (χ1v) is 15.4. The minimum absolute atomic E-state index is 0.0437. The van der Waals surface area contributed by atoms with Crippen LogP contribution in [0.3, 0.4) is 0 Å². The summed E-state index contributed by atoms with van der Waals surface area (Å²) in [6.45, 7) is 0.419. The lowest BCUT2D eigenvalue weighted by molar-refractivity contribution is -0.119. The Balaban J connectivity index is 1.64. The normalized spacial score (nSPS) is 10.8. The van der Waals surface area contributed by atoms with Gasteiger partial charge in [0.25, 0.3) is 0 Å². The molecular formula is C35H32Cl3NO3. The molecule has 4 nitrogen and oxygen atoms in total. The van der Waals surface area contributed by atoms with Gasteiger partial charge in [-0.3, -0.25) is 14.4 Å². The van der Waals surface area contributed by atoms with Crippen LogP contribution in [0.15, 0.2) is 91.0 Å². The number of amides is 1. The number of ketones is 2. The van der Waals surface area contributed by atoms with Crippen LogP contribution in [-0.4, -0.2) is 35.1 Å². The summed E-state index contributed by atoms with van der Waals surface area (Å²) in [6, 6.07) is 31.2. The fraction of sp³-hybridized carbons (Fsp3) is 0.229. The molecule has 0 bridgehead atoms. The van der Waals surface area contributed by atoms with Crippen LogP contribution in [0.2, 0.25) is 0 Å². The molecule has 0 aliphatic rings. The van der Waals surface area contributed by atoms with E-state index >= 15 is 0 Å². The van der Waals surface area contributed by atoms with E-state index in [4.69, 9.17) is 34.8 Å². The Hall–Kier alpha value is -3.44. The van der Waals surface area contributed by atoms with Gasteiger partial charge in [0, 0.05) is 19.4 Å². The van der Waals surface area contributed by atoms with E-state index in [0.717, 1.165) is 50.1 Å². The first-order chi connectivity index (χ1) is 20.4. The maximum absolute atomic E-state index is 11.6. The van der Waals surface area contributed by atoms with Crippen molar-refractivity contribution in [2.75, 3.05) is 17.6 Å². The van der Waals surface area contributed by atoms with Crippen LogP contribution in [0.1, 0.15) is 29.5 Å². The summed E-state index contributed by atoms with van der Waals surface area (Å²) in [5, 5.41) is 2.79. The fourth-order valence-electron chi connectivity index (χ4n) is 4.62. The molecule has 0 spiro atoms. The molecular weight excluding hydrogens is 589 g/mol. The Morgan fingerprint density at radius 3 is 1.17 bits per heavy atom. The summed E-state index contributed by atoms with van der Waals surface area (Å²) in [5.41, 5.74) is 9.57. The topological polar surface area (TPSA) is 63.2 Å². The zero-order chi connectivity index (χ0) is 29.9. The maximum Gasteiger partial charge on any atom is 0.235 e. The third-order valence-corrected chi connectivity index (χ3v) is 7.93. The molecule has 216 valence electrons. The Bertz CT molecular complexity index is 1320. The van der Waals surface area contributed by atoms with Gasteiger partial charge in [-0.1, -0.05) is 72.8 Å². The number of hydrogen-bond acceptors (Lipinski definition) is 3. The molecule has 0 fully saturated rings. The van der Waals surface area contributed by atoms with Gasteiger partial charge >= 0.3 is 0 Å². The van der Waals surface area contributed by atoms with Crippen LogP contribution in [0, 0.1) is 0 Å². The largest absolute Gasteiger partial charge is 0.351 e. The number of halogens is 3. The molecule has 0 saturated heterocycles. The SMILES string of the molecule is O=C(CCl)CCc1ccc(-c2cc(-c3ccc(CCC(=O)CCl)cc3)cc(-c3ccc(CNC(=O)CCl)cc3)c2)cc1. The molecule has 0 unspecified atom stereocenters. The van der Waals surface area contributed by atoms with Crippen molar-refractivity contribution in [2.24, 2.45) is 0 Å². The minimum Gasteiger partial charge on any atom is -0.351 e. The third kappa shape index (κ3) is 9.03. The molecule has 0 aliphatic carbocycles. The molecule has 4 rings (SSSR count). The van der Waals surface area contributed by atoms with Crippen LogP contribution < -0.4 is 5.32 Å². The first kappa shape index (κ1) is 31.5. The predicted molar refractivity (Wildman–Crippen MR) is 173 cm³/mol. The molecule has 7 heteroatoms. The summed E-state index contributed by atoms with van der Waals surface area (Å²) >= 11 is 16.9. The smallest absolute Gasteiger partial charge is 0.235 e. The quantitative estimate of drug-likeness (QED) is 0.145. The van der Waals surface area contributed by atoms with Gasteiger partial charge in [0.2, 0.25) is 5.91 Å². The highest BCUT2D eigenvalue weighted by Crippen LogP contribution is 2.33. The molecule has 0 aliphatic heterocycles. The Morgan fingerprint density at radius 1 is 0.476 bits per heavy atom. The number of rotatable bonds is 14. The summed E-state index contributed by atoms with van der Waals surface area (Å²) in [5.74, 6) is -0.0881. The van der Waals surface area contributed by atoms with Crippen molar-refractivity contribution in [1.82, 2.24) is 5.32 Å². The second-order valence-corrected chi connectivity index (χ2v) is 10.9. The first-order valence-electron chi connectivity index (χ1n) is 13.8. The summed E-state index contributed by atoms with van der Waals surface area (Å²) in [4.78, 5) is 34.8. The molecule has 0 aromatic heterocycles. The fourth-order valence-corrected chi connectivity index (χ4v) is 4.98. The molecule has 0 radical (unpaired) electrons. The average Bonchev–Trinajstić information content (AvgIpc) is 3.05. The van der Waals surface area contributed by atoms with Crippen LogP contribution in [0.5, 0.6) is 0 Å². The van der Waals surface area contributed by atoms with Crippen molar-refractivity contribution in [2.45, 2.75) is 32.2 Å². The van der Waals surface area contributed by atoms with Crippen molar-refractivity contribution in [3.05, 3.63) is 108 Å². The highest BCUT2D eigenvalue weighted by molar-refractivity contribution is 6.28. The minimum atomic E-state index is -0.202. The van der Waals surface area contributed by atoms with E-state index in [9.17, 15) is 14.4 Å². The molecule has 0 saturated carbocycles. The number of hydrogen-bond donors (Lipinski definition) is 1. The van der Waals surface area contributed by atoms with Crippen molar-refractivity contribution >= 4 is 52.3 Å². The maximum atomic E-state index is 11.6. The van der Waals surface area contributed by atoms with Gasteiger partial charge in [0.1, 0.15) is 17.4 Å². The lowest BCUT2D eigenvalue weighted by Crippen LogP contribution is -2.23. The van der Waals surface area contributed by atoms with E-state index in [0.29, 0.717) is 32.2 Å². The molecule has 0 atom stereocenters. The van der Waals surface area contributed by atoms with E-state index in [2.05, 4.69) is 84.2 Å². The van der Waals surface area contributed by atoms with Crippen molar-refractivity contribution in [3.8, 4) is 33.4 Å². The molecule has 1 N–H and O–H groups in total. The highest BCUT2D eigenvalue weighted by atomic mass is 35.5. The number of carbonyl (C=O) groups is 3. The number of alkyl halides is 3. The van der Waals surface area contributed by atoms with Crippen LogP contribution in [-0.2, 0) is 33.8 Å². The number of nitrogens with one attached hydrogen (secondary N) is 1. The van der Waals surface area contributed by atoms with E-state index < -0.39 is 0 Å². The average molecular weight is 621 g/mol. The van der Waals surface area contributed by atoms with Gasteiger partial charge < -0.3 is 5.32 Å². The number of aryl methyl sites for hydroxylation is 2. The molecule has 42 heavy (non-hydrogen) atoms. The summed E-state index contributed by atoms with van der Waals surface area (Å²) < 4.78 is 0. The lowest BCUT2D eigenvalue weighted by Gasteiger charge is -2.13. The van der Waals surface area contributed by atoms with Gasteiger partial charge in [-0.05, 0) is 81.1 Å². The van der Waals surface area contributed by atoms with Crippen molar-refractivity contribution in [1.29, 1.82) is 0 Å².